The standard InChI is InChI=1S/C28H30ClN7O2/c1-15-13-17(11-12-21(15)38-3)23-22-25(30)31-14-32-27(22)36(34-23)16(2)26-33-24-19(9-6-10-20(24)29)28(37)35(26)18-7-4-5-8-18/h6,9-14,16,18,26,33H,4-5,7-8H2,1-3H3,(H2,30,31,32). The molecule has 10 heteroatoms. The number of hydrogen-bond acceptors (Lipinski definition) is 7. The smallest absolute Gasteiger partial charge is 0.257 e. The highest BCUT2D eigenvalue weighted by molar-refractivity contribution is 6.34. The van der Waals surface area contributed by atoms with E-state index < -0.39 is 0 Å². The molecule has 0 bridgehead atoms. The summed E-state index contributed by atoms with van der Waals surface area (Å²) in [4.78, 5) is 24.7. The summed E-state index contributed by atoms with van der Waals surface area (Å²) in [6.07, 6.45) is 5.21. The topological polar surface area (TPSA) is 111 Å². The lowest BCUT2D eigenvalue weighted by molar-refractivity contribution is 0.0518. The third-order valence-electron chi connectivity index (χ3n) is 7.82. The minimum Gasteiger partial charge on any atom is -0.496 e. The summed E-state index contributed by atoms with van der Waals surface area (Å²) in [5.74, 6) is 1.13. The number of hydrogen-bond donors (Lipinski definition) is 2. The van der Waals surface area contributed by atoms with Crippen LogP contribution in [-0.2, 0) is 0 Å². The molecule has 1 amide bonds. The van der Waals surface area contributed by atoms with Crippen molar-refractivity contribution in [1.82, 2.24) is 24.6 Å². The number of rotatable bonds is 5. The number of carbonyl (C=O) groups excluding carboxylic acids is 1. The van der Waals surface area contributed by atoms with Crippen LogP contribution in [0.1, 0.15) is 54.6 Å². The lowest BCUT2D eigenvalue weighted by Crippen LogP contribution is -2.56. The molecule has 4 aromatic rings. The summed E-state index contributed by atoms with van der Waals surface area (Å²) in [6.45, 7) is 4.03. The molecule has 1 saturated carbocycles. The van der Waals surface area contributed by atoms with E-state index in [4.69, 9.17) is 27.2 Å². The SMILES string of the molecule is COc1ccc(-c2nn(C(C)C3Nc4c(Cl)cccc4C(=O)N3C3CCCC3)c3ncnc(N)c23)cc1C. The average molecular weight is 532 g/mol. The molecule has 2 aliphatic rings. The number of benzene rings is 2. The van der Waals surface area contributed by atoms with Crippen molar-refractivity contribution in [2.24, 2.45) is 0 Å². The number of nitrogens with two attached hydrogens (primary N) is 1. The number of nitrogens with zero attached hydrogens (tertiary/aromatic N) is 5. The number of amides is 1. The number of nitrogens with one attached hydrogen (secondary N) is 1. The number of aryl methyl sites for hydroxylation is 1. The van der Waals surface area contributed by atoms with E-state index in [-0.39, 0.29) is 24.2 Å². The summed E-state index contributed by atoms with van der Waals surface area (Å²) in [6, 6.07) is 11.2. The van der Waals surface area contributed by atoms with E-state index in [2.05, 4.69) is 15.3 Å². The third kappa shape index (κ3) is 3.84. The van der Waals surface area contributed by atoms with Gasteiger partial charge in [0.05, 0.1) is 34.8 Å². The zero-order valence-electron chi connectivity index (χ0n) is 21.6. The van der Waals surface area contributed by atoms with Gasteiger partial charge >= 0.3 is 0 Å². The van der Waals surface area contributed by atoms with Crippen LogP contribution in [0, 0.1) is 6.92 Å². The van der Waals surface area contributed by atoms with Crippen molar-refractivity contribution in [1.29, 1.82) is 0 Å². The minimum absolute atomic E-state index is 0.0124. The van der Waals surface area contributed by atoms with Gasteiger partial charge in [-0.1, -0.05) is 30.5 Å². The third-order valence-corrected chi connectivity index (χ3v) is 8.13. The van der Waals surface area contributed by atoms with Crippen molar-refractivity contribution < 1.29 is 9.53 Å². The Balaban J connectivity index is 1.50. The first-order chi connectivity index (χ1) is 18.4. The van der Waals surface area contributed by atoms with Crippen LogP contribution in [-0.4, -0.2) is 49.9 Å². The fourth-order valence-corrected chi connectivity index (χ4v) is 6.13. The van der Waals surface area contributed by atoms with Crippen molar-refractivity contribution in [3.8, 4) is 17.0 Å². The molecule has 3 heterocycles. The molecule has 0 saturated heterocycles. The van der Waals surface area contributed by atoms with Crippen molar-refractivity contribution in [3.63, 3.8) is 0 Å². The number of carbonyl (C=O) groups is 1. The predicted octanol–water partition coefficient (Wildman–Crippen LogP) is 5.44. The van der Waals surface area contributed by atoms with Crippen LogP contribution in [0.5, 0.6) is 5.75 Å². The van der Waals surface area contributed by atoms with Crippen LogP contribution in [0.3, 0.4) is 0 Å². The molecule has 2 aromatic heterocycles. The lowest BCUT2D eigenvalue weighted by atomic mass is 10.0. The van der Waals surface area contributed by atoms with Gasteiger partial charge in [-0.2, -0.15) is 5.10 Å². The molecule has 38 heavy (non-hydrogen) atoms. The van der Waals surface area contributed by atoms with E-state index in [1.165, 1.54) is 6.33 Å². The van der Waals surface area contributed by atoms with Gasteiger partial charge < -0.3 is 20.7 Å². The van der Waals surface area contributed by atoms with E-state index in [0.29, 0.717) is 38.8 Å². The highest BCUT2D eigenvalue weighted by Crippen LogP contribution is 2.40. The van der Waals surface area contributed by atoms with Gasteiger partial charge in [0.1, 0.15) is 29.8 Å². The van der Waals surface area contributed by atoms with E-state index in [1.54, 1.807) is 13.2 Å². The minimum atomic E-state index is -0.386. The Bertz CT molecular complexity index is 1550. The summed E-state index contributed by atoms with van der Waals surface area (Å²) < 4.78 is 7.31. The van der Waals surface area contributed by atoms with Gasteiger partial charge in [0.25, 0.3) is 5.91 Å². The second-order valence-electron chi connectivity index (χ2n) is 10.1. The van der Waals surface area contributed by atoms with Crippen molar-refractivity contribution in [3.05, 3.63) is 58.9 Å². The summed E-state index contributed by atoms with van der Waals surface area (Å²) >= 11 is 6.57. The zero-order valence-corrected chi connectivity index (χ0v) is 22.4. The van der Waals surface area contributed by atoms with Crippen LogP contribution < -0.4 is 15.8 Å². The molecule has 196 valence electrons. The van der Waals surface area contributed by atoms with E-state index >= 15 is 0 Å². The normalized spacial score (nSPS) is 18.5. The average Bonchev–Trinajstić information content (AvgIpc) is 3.58. The first-order valence-corrected chi connectivity index (χ1v) is 13.3. The van der Waals surface area contributed by atoms with Crippen LogP contribution in [0.2, 0.25) is 5.02 Å². The molecule has 1 fully saturated rings. The number of aromatic nitrogens is 4. The Kier molecular flexibility index (Phi) is 6.10. The number of fused-ring (bicyclic) bond motifs is 2. The van der Waals surface area contributed by atoms with Crippen LogP contribution >= 0.6 is 11.6 Å². The van der Waals surface area contributed by atoms with E-state index in [9.17, 15) is 4.79 Å². The number of halogens is 1. The Morgan fingerprint density at radius 3 is 2.71 bits per heavy atom. The Hall–Kier alpha value is -3.85. The number of anilines is 2. The lowest BCUT2D eigenvalue weighted by Gasteiger charge is -2.44. The molecule has 6 rings (SSSR count). The van der Waals surface area contributed by atoms with Crippen LogP contribution in [0.15, 0.2) is 42.7 Å². The summed E-state index contributed by atoms with van der Waals surface area (Å²) in [7, 11) is 1.65. The first kappa shape index (κ1) is 24.5. The maximum atomic E-state index is 13.9. The van der Waals surface area contributed by atoms with E-state index in [0.717, 1.165) is 42.6 Å². The molecular weight excluding hydrogens is 502 g/mol. The molecule has 3 N–H and O–H groups in total. The zero-order chi connectivity index (χ0) is 26.6. The molecule has 0 spiro atoms. The van der Waals surface area contributed by atoms with Gasteiger partial charge in [-0.15, -0.1) is 0 Å². The van der Waals surface area contributed by atoms with Gasteiger partial charge in [-0.25, -0.2) is 14.6 Å². The Morgan fingerprint density at radius 2 is 1.97 bits per heavy atom. The largest absolute Gasteiger partial charge is 0.496 e. The van der Waals surface area contributed by atoms with Crippen molar-refractivity contribution in [2.75, 3.05) is 18.2 Å². The molecule has 0 radical (unpaired) electrons. The molecule has 1 aliphatic heterocycles. The fraction of sp³-hybridized carbons (Fsp3) is 0.357. The van der Waals surface area contributed by atoms with Gasteiger partial charge in [0, 0.05) is 11.6 Å². The predicted molar refractivity (Wildman–Crippen MR) is 148 cm³/mol. The van der Waals surface area contributed by atoms with Crippen molar-refractivity contribution >= 4 is 40.0 Å². The summed E-state index contributed by atoms with van der Waals surface area (Å²) in [5.41, 5.74) is 10.8. The quantitative estimate of drug-likeness (QED) is 0.352. The first-order valence-electron chi connectivity index (χ1n) is 12.9. The molecule has 9 nitrogen and oxygen atoms in total. The molecule has 1 aliphatic carbocycles. The Labute approximate surface area is 226 Å². The fourth-order valence-electron chi connectivity index (χ4n) is 5.90. The molecule has 2 atom stereocenters. The summed E-state index contributed by atoms with van der Waals surface area (Å²) in [5, 5.41) is 9.83. The van der Waals surface area contributed by atoms with Gasteiger partial charge in [0.15, 0.2) is 5.65 Å². The maximum absolute atomic E-state index is 13.9. The molecule has 2 aromatic carbocycles. The van der Waals surface area contributed by atoms with E-state index in [1.807, 2.05) is 53.8 Å². The second kappa shape index (κ2) is 9.47. The number of methoxy groups -OCH3 is 1. The highest BCUT2D eigenvalue weighted by Gasteiger charge is 2.42. The number of para-hydroxylation sites is 1. The van der Waals surface area contributed by atoms with Crippen LogP contribution in [0.25, 0.3) is 22.3 Å². The van der Waals surface area contributed by atoms with Gasteiger partial charge in [-0.3, -0.25) is 4.79 Å². The van der Waals surface area contributed by atoms with Crippen LogP contribution in [0.4, 0.5) is 11.5 Å². The van der Waals surface area contributed by atoms with Gasteiger partial charge in [-0.05, 0) is 62.6 Å². The molecular formula is C28H30ClN7O2. The maximum Gasteiger partial charge on any atom is 0.257 e. The molecule has 2 unspecified atom stereocenters. The second-order valence-corrected chi connectivity index (χ2v) is 10.5. The number of nitrogen functional groups attached to an aromatic ring is 1. The van der Waals surface area contributed by atoms with Gasteiger partial charge in [0.2, 0.25) is 0 Å². The van der Waals surface area contributed by atoms with Crippen molar-refractivity contribution in [2.45, 2.75) is 57.8 Å². The monoisotopic (exact) mass is 531 g/mol. The Morgan fingerprint density at radius 1 is 1.18 bits per heavy atom. The highest BCUT2D eigenvalue weighted by atomic mass is 35.5. The number of ether oxygens (including phenoxy) is 1.